The number of hydrogen-bond acceptors (Lipinski definition) is 23. The van der Waals surface area contributed by atoms with E-state index in [0.29, 0.717) is 12.8 Å². The lowest BCUT2D eigenvalue weighted by atomic mass is 9.94. The van der Waals surface area contributed by atoms with Crippen LogP contribution in [0.15, 0.2) is 316 Å². The molecule has 23 nitrogen and oxygen atoms in total. The van der Waals surface area contributed by atoms with Crippen LogP contribution in [0.25, 0.3) is 0 Å². The summed E-state index contributed by atoms with van der Waals surface area (Å²) < 4.78 is 109. The normalized spacial score (nSPS) is 22.9. The number of ether oxygens (including phenoxy) is 16. The van der Waals surface area contributed by atoms with Crippen LogP contribution in [0, 0.1) is 0 Å². The molecule has 15 atom stereocenters. The summed E-state index contributed by atoms with van der Waals surface area (Å²) in [6.07, 6.45) is -23.3. The Morgan fingerprint density at radius 1 is 0.276 bits per heavy atom. The molecule has 10 aromatic rings. The summed E-state index contributed by atoms with van der Waals surface area (Å²) >= 11 is 0. The molecule has 0 spiro atoms. The van der Waals surface area contributed by atoms with Crippen molar-refractivity contribution in [3.63, 3.8) is 0 Å². The van der Waals surface area contributed by atoms with E-state index in [0.717, 1.165) is 16.7 Å². The van der Waals surface area contributed by atoms with Gasteiger partial charge in [0.25, 0.3) is 0 Å². The number of rotatable bonds is 35. The minimum absolute atomic E-state index is 0.000823. The molecule has 0 unspecified atom stereocenters. The zero-order valence-electron chi connectivity index (χ0n) is 63.1. The van der Waals surface area contributed by atoms with Crippen LogP contribution in [0.3, 0.4) is 0 Å². The third-order valence-corrected chi connectivity index (χ3v) is 19.2. The third-order valence-electron chi connectivity index (χ3n) is 19.2. The SMILES string of the molecule is C=CCCCO[C@@H]1O[C@H](COCc2ccccc2)[C@@H](O[C@@H]2O[C@H](COC(=O)c3ccccc3)[C@@H](O[C@@H]3O[C@H](COC(=O)c4ccccc4)[C@H](OC(=O)c4ccccc4)[C@H](OC(=O)c4ccccc4)[C@H]3OC(=O)c3ccccc3)[C@H](OC(=O)c3ccccc3)[C@H]2OC(=O)c2ccccc2)[C@H](OCc2ccccc2)[C@H]1OCc1ccccc1. The van der Waals surface area contributed by atoms with Crippen molar-refractivity contribution in [3.8, 4) is 0 Å². The van der Waals surface area contributed by atoms with Gasteiger partial charge in [-0.25, -0.2) is 33.6 Å². The van der Waals surface area contributed by atoms with E-state index in [1.165, 1.54) is 84.9 Å². The topological polar surface area (TPSA) is 267 Å². The highest BCUT2D eigenvalue weighted by atomic mass is 16.8. The van der Waals surface area contributed by atoms with Gasteiger partial charge in [0.05, 0.1) is 72.0 Å². The molecule has 3 aliphatic rings. The van der Waals surface area contributed by atoms with Crippen molar-refractivity contribution in [2.45, 2.75) is 125 Å². The second-order valence-corrected chi connectivity index (χ2v) is 27.3. The predicted molar refractivity (Wildman–Crippen MR) is 419 cm³/mol. The van der Waals surface area contributed by atoms with Crippen LogP contribution in [0.2, 0.25) is 0 Å². The van der Waals surface area contributed by atoms with E-state index in [9.17, 15) is 14.4 Å². The number of carbonyl (C=O) groups excluding carboxylic acids is 7. The summed E-state index contributed by atoms with van der Waals surface area (Å²) in [6.45, 7) is 2.25. The van der Waals surface area contributed by atoms with E-state index in [1.54, 1.807) is 133 Å². The minimum Gasteiger partial charge on any atom is -0.459 e. The van der Waals surface area contributed by atoms with Crippen LogP contribution < -0.4 is 0 Å². The van der Waals surface area contributed by atoms with Gasteiger partial charge in [0.1, 0.15) is 55.9 Å². The molecular formula is C93H86O23. The fourth-order valence-corrected chi connectivity index (χ4v) is 13.3. The molecule has 3 heterocycles. The Hall–Kier alpha value is -12.1. The predicted octanol–water partition coefficient (Wildman–Crippen LogP) is 14.1. The van der Waals surface area contributed by atoms with Gasteiger partial charge in [0.15, 0.2) is 49.4 Å². The van der Waals surface area contributed by atoms with E-state index >= 15 is 19.2 Å². The van der Waals surface area contributed by atoms with Crippen molar-refractivity contribution in [3.05, 3.63) is 372 Å². The molecule has 0 saturated carbocycles. The Bertz CT molecular complexity index is 4750. The molecule has 0 aliphatic carbocycles. The molecule has 0 bridgehead atoms. The first-order valence-electron chi connectivity index (χ1n) is 38.1. The molecule has 3 aliphatic heterocycles. The number of carbonyl (C=O) groups is 7. The first kappa shape index (κ1) is 81.9. The second kappa shape index (κ2) is 41.8. The van der Waals surface area contributed by atoms with Gasteiger partial charge in [-0.1, -0.05) is 224 Å². The highest BCUT2D eigenvalue weighted by Gasteiger charge is 2.60. The van der Waals surface area contributed by atoms with Crippen molar-refractivity contribution in [2.24, 2.45) is 0 Å². The van der Waals surface area contributed by atoms with Crippen LogP contribution in [0.1, 0.15) is 102 Å². The Labute approximate surface area is 670 Å². The van der Waals surface area contributed by atoms with Gasteiger partial charge in [-0.2, -0.15) is 0 Å². The van der Waals surface area contributed by atoms with Crippen LogP contribution in [-0.4, -0.2) is 160 Å². The number of hydrogen-bond donors (Lipinski definition) is 0. The van der Waals surface area contributed by atoms with E-state index in [-0.39, 0.29) is 72.0 Å². The highest BCUT2D eigenvalue weighted by molar-refractivity contribution is 5.93. The lowest BCUT2D eigenvalue weighted by Crippen LogP contribution is -2.69. The zero-order valence-corrected chi connectivity index (χ0v) is 63.1. The van der Waals surface area contributed by atoms with Crippen LogP contribution in [0.4, 0.5) is 0 Å². The summed E-state index contributed by atoms with van der Waals surface area (Å²) in [5.74, 6) is -6.90. The smallest absolute Gasteiger partial charge is 0.338 e. The third kappa shape index (κ3) is 22.2. The molecule has 0 aromatic heterocycles. The standard InChI is InChI=1S/C93H86O23/c1-2-3-34-55-102-91-81(104-58-64-39-18-6-19-40-64)78(103-57-63-37-16-5-17-38-63)75(72(107-91)59-101-56-62-35-14-4-15-36-62)115-92-83(114-90(100)71-53-32-13-33-54-71)80(112-88(98)69-49-28-11-29-50-69)77(74(109-92)61-106-85(95)66-43-22-8-23-44-66)116-93-82(113-89(99)70-51-30-12-31-52-70)79(111-87(97)68-47-26-10-27-48-68)76(110-86(96)67-45-24-9-25-46-67)73(108-93)60-105-84(94)65-41-20-7-21-42-65/h2,4-33,35-54,72-83,91-93H,1,3,34,55-61H2/t72-,73-,74-,75-,76+,77-,78+,79+,80+,81-,82-,83-,91-,92+,93+/m1/s1. The quantitative estimate of drug-likeness (QED) is 0.0155. The van der Waals surface area contributed by atoms with Crippen molar-refractivity contribution >= 4 is 41.8 Å². The summed E-state index contributed by atoms with van der Waals surface area (Å²) in [7, 11) is 0. The number of benzene rings is 10. The maximum absolute atomic E-state index is 15.6. The van der Waals surface area contributed by atoms with Gasteiger partial charge in [0.2, 0.25) is 0 Å². The van der Waals surface area contributed by atoms with Crippen molar-refractivity contribution in [2.75, 3.05) is 26.4 Å². The maximum Gasteiger partial charge on any atom is 0.338 e. The number of esters is 7. The molecule has 3 saturated heterocycles. The lowest BCUT2D eigenvalue weighted by molar-refractivity contribution is -0.382. The first-order valence-corrected chi connectivity index (χ1v) is 38.1. The molecule has 116 heavy (non-hydrogen) atoms. The average molecular weight is 1570 g/mol. The van der Waals surface area contributed by atoms with Crippen molar-refractivity contribution in [1.29, 1.82) is 0 Å². The fourth-order valence-electron chi connectivity index (χ4n) is 13.3. The van der Waals surface area contributed by atoms with Gasteiger partial charge >= 0.3 is 41.8 Å². The van der Waals surface area contributed by atoms with Crippen LogP contribution in [-0.2, 0) is 95.6 Å². The second-order valence-electron chi connectivity index (χ2n) is 27.3. The Kier molecular flexibility index (Phi) is 29.5. The summed E-state index contributed by atoms with van der Waals surface area (Å²) in [5, 5.41) is 0. The lowest BCUT2D eigenvalue weighted by Gasteiger charge is -2.51. The van der Waals surface area contributed by atoms with Crippen molar-refractivity contribution in [1.82, 2.24) is 0 Å². The van der Waals surface area contributed by atoms with E-state index in [1.807, 2.05) is 91.0 Å². The molecule has 3 fully saturated rings. The van der Waals surface area contributed by atoms with E-state index < -0.39 is 147 Å². The summed E-state index contributed by atoms with van der Waals surface area (Å²) in [5.41, 5.74) is 2.44. The Morgan fingerprint density at radius 3 is 0.914 bits per heavy atom. The Morgan fingerprint density at radius 2 is 0.552 bits per heavy atom. The largest absolute Gasteiger partial charge is 0.459 e. The summed E-state index contributed by atoms with van der Waals surface area (Å²) in [4.78, 5) is 105. The zero-order chi connectivity index (χ0) is 80.2. The monoisotopic (exact) mass is 1570 g/mol. The first-order chi connectivity index (χ1) is 56.9. The van der Waals surface area contributed by atoms with Crippen LogP contribution in [0.5, 0.6) is 0 Å². The molecule has 0 N–H and O–H groups in total. The fraction of sp³-hybridized carbons (Fsp3) is 0.258. The van der Waals surface area contributed by atoms with Gasteiger partial charge in [-0.05, 0) is 114 Å². The molecular weight excluding hydrogens is 1480 g/mol. The van der Waals surface area contributed by atoms with Crippen molar-refractivity contribution < 1.29 is 109 Å². The molecule has 596 valence electrons. The van der Waals surface area contributed by atoms with Gasteiger partial charge in [0, 0.05) is 0 Å². The highest BCUT2D eigenvalue weighted by Crippen LogP contribution is 2.40. The average Bonchev–Trinajstić information content (AvgIpc) is 0.756. The van der Waals surface area contributed by atoms with Crippen LogP contribution >= 0.6 is 0 Å². The van der Waals surface area contributed by atoms with E-state index in [4.69, 9.17) is 75.8 Å². The molecule has 13 rings (SSSR count). The van der Waals surface area contributed by atoms with E-state index in [2.05, 4.69) is 6.58 Å². The molecule has 0 radical (unpaired) electrons. The van der Waals surface area contributed by atoms with Gasteiger partial charge in [-0.3, -0.25) is 0 Å². The van der Waals surface area contributed by atoms with Gasteiger partial charge < -0.3 is 75.8 Å². The van der Waals surface area contributed by atoms with Gasteiger partial charge in [-0.15, -0.1) is 6.58 Å². The minimum atomic E-state index is -2.19. The molecule has 10 aromatic carbocycles. The number of allylic oxidation sites excluding steroid dienone is 1. The molecule has 0 amide bonds. The number of unbranched alkanes of at least 4 members (excludes halogenated alkanes) is 1. The molecule has 23 heteroatoms. The maximum atomic E-state index is 15.6. The Balaban J connectivity index is 0.994. The summed E-state index contributed by atoms with van der Waals surface area (Å²) in [6, 6.07) is 83.0.